The average molecular weight is 533 g/mol. The molecule has 0 saturated carbocycles. The van der Waals surface area contributed by atoms with Gasteiger partial charge in [0, 0.05) is 39.3 Å². The SMILES string of the molecule is COCCN1CC(=O)N[C@@H](C(=O)NC2CCOCC2)Cc2ccc(cc2)OCC(=O)N[C@@H](CC(C)C)C1=O. The number of ether oxygens (including phenoxy) is 3. The molecule has 1 saturated heterocycles. The molecule has 11 heteroatoms. The minimum Gasteiger partial charge on any atom is -0.484 e. The summed E-state index contributed by atoms with van der Waals surface area (Å²) in [5.74, 6) is -0.981. The summed E-state index contributed by atoms with van der Waals surface area (Å²) in [7, 11) is 1.51. The van der Waals surface area contributed by atoms with Gasteiger partial charge < -0.3 is 35.1 Å². The zero-order valence-corrected chi connectivity index (χ0v) is 22.5. The molecule has 0 unspecified atom stereocenters. The van der Waals surface area contributed by atoms with E-state index in [-0.39, 0.29) is 50.6 Å². The van der Waals surface area contributed by atoms with Crippen molar-refractivity contribution in [1.29, 1.82) is 0 Å². The molecule has 0 aliphatic carbocycles. The third-order valence-corrected chi connectivity index (χ3v) is 6.50. The fourth-order valence-corrected chi connectivity index (χ4v) is 4.49. The first-order chi connectivity index (χ1) is 18.2. The van der Waals surface area contributed by atoms with E-state index < -0.39 is 29.8 Å². The van der Waals surface area contributed by atoms with E-state index in [4.69, 9.17) is 14.2 Å². The summed E-state index contributed by atoms with van der Waals surface area (Å²) in [5.41, 5.74) is 0.811. The average Bonchev–Trinajstić information content (AvgIpc) is 2.89. The van der Waals surface area contributed by atoms with Crippen molar-refractivity contribution in [1.82, 2.24) is 20.9 Å². The number of carbonyl (C=O) groups excluding carboxylic acids is 4. The lowest BCUT2D eigenvalue weighted by Crippen LogP contribution is -2.56. The van der Waals surface area contributed by atoms with Crippen LogP contribution in [-0.2, 0) is 35.1 Å². The smallest absolute Gasteiger partial charge is 0.258 e. The van der Waals surface area contributed by atoms with Crippen LogP contribution >= 0.6 is 0 Å². The van der Waals surface area contributed by atoms with Gasteiger partial charge in [-0.1, -0.05) is 26.0 Å². The zero-order chi connectivity index (χ0) is 27.5. The second kappa shape index (κ2) is 14.7. The van der Waals surface area contributed by atoms with Gasteiger partial charge in [0.1, 0.15) is 17.8 Å². The van der Waals surface area contributed by atoms with Crippen LogP contribution in [0.4, 0.5) is 0 Å². The van der Waals surface area contributed by atoms with Crippen LogP contribution in [0.1, 0.15) is 38.7 Å². The lowest BCUT2D eigenvalue weighted by molar-refractivity contribution is -0.141. The molecule has 1 aromatic carbocycles. The standard InChI is InChI=1S/C27H40N4O7/c1-18(2)14-23-27(35)31(10-13-36-3)16-24(32)29-22(26(34)28-20-8-11-37-12-9-20)15-19-4-6-21(7-5-19)38-17-25(33)30-23/h4-7,18,20,22-23H,8-17H2,1-3H3,(H,28,34)(H,29,32)(H,30,33)/t22-,23+/m1/s1. The normalized spacial score (nSPS) is 22.1. The lowest BCUT2D eigenvalue weighted by atomic mass is 10.0. The van der Waals surface area contributed by atoms with Crippen molar-refractivity contribution in [2.24, 2.45) is 5.92 Å². The summed E-state index contributed by atoms with van der Waals surface area (Å²) in [6.07, 6.45) is 2.06. The van der Waals surface area contributed by atoms with Crippen LogP contribution in [0.3, 0.4) is 0 Å². The number of hydrogen-bond donors (Lipinski definition) is 3. The van der Waals surface area contributed by atoms with Crippen LogP contribution in [0.5, 0.6) is 5.75 Å². The lowest BCUT2D eigenvalue weighted by Gasteiger charge is -2.30. The molecule has 4 rings (SSSR count). The van der Waals surface area contributed by atoms with Crippen molar-refractivity contribution in [3.63, 3.8) is 0 Å². The first kappa shape index (κ1) is 29.4. The molecular weight excluding hydrogens is 492 g/mol. The van der Waals surface area contributed by atoms with Gasteiger partial charge in [0.2, 0.25) is 17.7 Å². The van der Waals surface area contributed by atoms with Crippen LogP contribution in [0.25, 0.3) is 0 Å². The van der Waals surface area contributed by atoms with E-state index in [1.54, 1.807) is 24.3 Å². The van der Waals surface area contributed by atoms with Crippen molar-refractivity contribution in [2.45, 2.75) is 57.7 Å². The number of hydrogen-bond acceptors (Lipinski definition) is 7. The minimum atomic E-state index is -0.837. The minimum absolute atomic E-state index is 0.0236. The summed E-state index contributed by atoms with van der Waals surface area (Å²) in [4.78, 5) is 53.9. The number of carbonyl (C=O) groups is 4. The Balaban J connectivity index is 1.86. The molecule has 0 aromatic heterocycles. The molecule has 0 radical (unpaired) electrons. The van der Waals surface area contributed by atoms with Crippen molar-refractivity contribution in [3.05, 3.63) is 29.8 Å². The summed E-state index contributed by atoms with van der Waals surface area (Å²) >= 11 is 0. The van der Waals surface area contributed by atoms with Gasteiger partial charge in [0.15, 0.2) is 6.61 Å². The summed E-state index contributed by atoms with van der Waals surface area (Å²) in [5, 5.41) is 8.63. The fraction of sp³-hybridized carbons (Fsp3) is 0.630. The first-order valence-corrected chi connectivity index (χ1v) is 13.2. The van der Waals surface area contributed by atoms with E-state index in [1.165, 1.54) is 12.0 Å². The van der Waals surface area contributed by atoms with Gasteiger partial charge in [0.25, 0.3) is 5.91 Å². The van der Waals surface area contributed by atoms with E-state index in [0.29, 0.717) is 38.2 Å². The maximum absolute atomic E-state index is 13.5. The van der Waals surface area contributed by atoms with Gasteiger partial charge in [-0.2, -0.15) is 0 Å². The molecule has 3 heterocycles. The molecule has 3 aliphatic rings. The summed E-state index contributed by atoms with van der Waals surface area (Å²) in [6, 6.07) is 5.34. The molecule has 3 aliphatic heterocycles. The van der Waals surface area contributed by atoms with Crippen LogP contribution < -0.4 is 20.7 Å². The van der Waals surface area contributed by atoms with Crippen molar-refractivity contribution in [2.75, 3.05) is 46.6 Å². The molecule has 38 heavy (non-hydrogen) atoms. The highest BCUT2D eigenvalue weighted by Gasteiger charge is 2.30. The van der Waals surface area contributed by atoms with E-state index in [9.17, 15) is 19.2 Å². The molecule has 3 N–H and O–H groups in total. The van der Waals surface area contributed by atoms with Crippen LogP contribution in [0.15, 0.2) is 24.3 Å². The molecule has 2 atom stereocenters. The van der Waals surface area contributed by atoms with Gasteiger partial charge >= 0.3 is 0 Å². The highest BCUT2D eigenvalue weighted by Crippen LogP contribution is 2.15. The van der Waals surface area contributed by atoms with Crippen LogP contribution in [0, 0.1) is 5.92 Å². The number of methoxy groups -OCH3 is 1. The topological polar surface area (TPSA) is 135 Å². The second-order valence-corrected chi connectivity index (χ2v) is 10.2. The Labute approximate surface area is 223 Å². The van der Waals surface area contributed by atoms with Gasteiger partial charge in [-0.25, -0.2) is 0 Å². The zero-order valence-electron chi connectivity index (χ0n) is 22.5. The van der Waals surface area contributed by atoms with Gasteiger partial charge in [-0.05, 0) is 42.9 Å². The number of rotatable bonds is 7. The Bertz CT molecular complexity index is 947. The molecule has 4 amide bonds. The largest absolute Gasteiger partial charge is 0.484 e. The maximum Gasteiger partial charge on any atom is 0.258 e. The monoisotopic (exact) mass is 532 g/mol. The Kier molecular flexibility index (Phi) is 11.3. The van der Waals surface area contributed by atoms with Gasteiger partial charge in [-0.15, -0.1) is 0 Å². The Morgan fingerprint density at radius 1 is 1.11 bits per heavy atom. The maximum atomic E-state index is 13.5. The van der Waals surface area contributed by atoms with E-state index in [1.807, 2.05) is 13.8 Å². The fourth-order valence-electron chi connectivity index (χ4n) is 4.49. The molecule has 0 spiro atoms. The highest BCUT2D eigenvalue weighted by molar-refractivity contribution is 5.93. The quantitative estimate of drug-likeness (QED) is 0.433. The van der Waals surface area contributed by atoms with Crippen LogP contribution in [0.2, 0.25) is 0 Å². The third kappa shape index (κ3) is 9.29. The van der Waals surface area contributed by atoms with Gasteiger partial charge in [0.05, 0.1) is 13.2 Å². The number of fused-ring (bicyclic) bond motifs is 13. The van der Waals surface area contributed by atoms with Crippen LogP contribution in [-0.4, -0.2) is 93.3 Å². The number of amides is 4. The second-order valence-electron chi connectivity index (χ2n) is 10.2. The van der Waals surface area contributed by atoms with Crippen molar-refractivity contribution >= 4 is 23.6 Å². The van der Waals surface area contributed by atoms with Gasteiger partial charge in [-0.3, -0.25) is 19.2 Å². The summed E-state index contributed by atoms with van der Waals surface area (Å²) in [6.45, 7) is 4.89. The number of nitrogens with one attached hydrogen (secondary N) is 3. The Morgan fingerprint density at radius 3 is 2.47 bits per heavy atom. The first-order valence-electron chi connectivity index (χ1n) is 13.2. The summed E-state index contributed by atoms with van der Waals surface area (Å²) < 4.78 is 16.2. The van der Waals surface area contributed by atoms with E-state index in [2.05, 4.69) is 16.0 Å². The Morgan fingerprint density at radius 2 is 1.82 bits per heavy atom. The van der Waals surface area contributed by atoms with Crippen molar-refractivity contribution < 1.29 is 33.4 Å². The van der Waals surface area contributed by atoms with Crippen molar-refractivity contribution in [3.8, 4) is 5.75 Å². The van der Waals surface area contributed by atoms with E-state index >= 15 is 0 Å². The third-order valence-electron chi connectivity index (χ3n) is 6.50. The molecule has 11 nitrogen and oxygen atoms in total. The highest BCUT2D eigenvalue weighted by atomic mass is 16.5. The Hall–Kier alpha value is -3.18. The predicted molar refractivity (Wildman–Crippen MR) is 139 cm³/mol. The van der Waals surface area contributed by atoms with E-state index in [0.717, 1.165) is 5.56 Å². The molecule has 1 fully saturated rings. The molecular formula is C27H40N4O7. The number of nitrogens with zero attached hydrogens (tertiary/aromatic N) is 1. The molecule has 210 valence electrons. The number of benzene rings is 1. The predicted octanol–water partition coefficient (Wildman–Crippen LogP) is 0.407. The molecule has 1 aromatic rings. The molecule has 2 bridgehead atoms.